The van der Waals surface area contributed by atoms with Crippen molar-refractivity contribution >= 4 is 51.2 Å². The van der Waals surface area contributed by atoms with Gasteiger partial charge in [-0.15, -0.1) is 0 Å². The molecule has 4 aliphatic heterocycles. The number of carbonyl (C=O) groups is 3. The van der Waals surface area contributed by atoms with E-state index in [1.807, 2.05) is 6.07 Å². The molecule has 4 heterocycles. The molecule has 1 spiro atoms. The number of hydrogen-bond donors (Lipinski definition) is 3. The van der Waals surface area contributed by atoms with Crippen LogP contribution >= 0.6 is 0 Å². The van der Waals surface area contributed by atoms with Crippen molar-refractivity contribution in [2.75, 3.05) is 36.0 Å². The van der Waals surface area contributed by atoms with Gasteiger partial charge in [-0.25, -0.2) is 0 Å². The summed E-state index contributed by atoms with van der Waals surface area (Å²) in [6.07, 6.45) is 5.09. The van der Waals surface area contributed by atoms with E-state index in [4.69, 9.17) is 9.84 Å². The first-order valence-electron chi connectivity index (χ1n) is 17.3. The van der Waals surface area contributed by atoms with E-state index in [2.05, 4.69) is 57.7 Å². The fourth-order valence-corrected chi connectivity index (χ4v) is 14.6. The molecule has 3 N–H and O–H groups in total. The Morgan fingerprint density at radius 1 is 0.750 bits per heavy atom. The maximum atomic E-state index is 13.7. The van der Waals surface area contributed by atoms with Crippen LogP contribution < -0.4 is 18.6 Å². The summed E-state index contributed by atoms with van der Waals surface area (Å²) in [6, 6.07) is 18.2. The van der Waals surface area contributed by atoms with Crippen molar-refractivity contribution in [1.29, 1.82) is 0 Å². The van der Waals surface area contributed by atoms with E-state index in [9.17, 15) is 24.6 Å². The number of carboxylic acid groups (broad SMARTS) is 1. The number of aliphatic hydroxyl groups is 2. The molecule has 0 aromatic heterocycles. The molecule has 9 nitrogen and oxygen atoms in total. The zero-order valence-corrected chi connectivity index (χ0v) is 29.8. The maximum absolute atomic E-state index is 13.7. The zero-order valence-electron chi connectivity index (χ0n) is 27.7. The molecule has 0 saturated carbocycles. The van der Waals surface area contributed by atoms with Gasteiger partial charge in [0.25, 0.3) is 0 Å². The first kappa shape index (κ1) is 32.9. The van der Waals surface area contributed by atoms with Crippen LogP contribution in [0, 0.1) is 0 Å². The Balaban J connectivity index is 1.24. The summed E-state index contributed by atoms with van der Waals surface area (Å²) in [5.74, 6) is 3.62. The summed E-state index contributed by atoms with van der Waals surface area (Å²) in [4.78, 5) is 42.3. The molecule has 0 unspecified atom stereocenters. The van der Waals surface area contributed by atoms with Gasteiger partial charge in [-0.3, -0.25) is 4.79 Å². The third kappa shape index (κ3) is 5.63. The van der Waals surface area contributed by atoms with Crippen molar-refractivity contribution in [2.24, 2.45) is 0 Å². The Hall–Kier alpha value is -3.67. The van der Waals surface area contributed by atoms with Gasteiger partial charge in [-0.05, 0) is 6.42 Å². The fraction of sp³-hybridized carbons (Fsp3) is 0.447. The number of unbranched alkanes of at least 4 members (excludes halogenated alkanes) is 5. The second kappa shape index (κ2) is 12.7. The number of β-amino-alcohol motifs (C(OH)–C–C–N with tert-alkyl or cyclic N) is 2. The molecule has 0 amide bonds. The molecule has 252 valence electrons. The molecular weight excluding hydrogens is 669 g/mol. The summed E-state index contributed by atoms with van der Waals surface area (Å²) in [6.45, 7) is 2.35. The van der Waals surface area contributed by atoms with Crippen LogP contribution in [0.3, 0.4) is 0 Å². The second-order valence-corrected chi connectivity index (χ2v) is 23.6. The summed E-state index contributed by atoms with van der Waals surface area (Å²) < 4.78 is 8.97. The van der Waals surface area contributed by atoms with E-state index in [1.54, 1.807) is 12.1 Å². The first-order chi connectivity index (χ1) is 23.0. The Morgan fingerprint density at radius 2 is 1.27 bits per heavy atom. The molecule has 0 aliphatic carbocycles. The Morgan fingerprint density at radius 3 is 1.79 bits per heavy atom. The van der Waals surface area contributed by atoms with Gasteiger partial charge in [-0.1, -0.05) is 6.42 Å². The monoisotopic (exact) mass is 714 g/mol. The van der Waals surface area contributed by atoms with Gasteiger partial charge in [-0.2, -0.15) is 0 Å². The van der Waals surface area contributed by atoms with Crippen LogP contribution in [0.2, 0.25) is 11.5 Å². The fourth-order valence-electron chi connectivity index (χ4n) is 7.98. The standard InChI is InChI=1S/C38H44GeN2O7/c1-39(2)33-18-25(40-20-27(42)21-40)12-15-30(33)38(31-16-13-26(19-34(31)39)41-22-28(43)23-41)32-17-24(11-14-29(32)37(47)48-38)35(44)9-7-5-3-4-6-8-10-36(45)46/h11-19,27-28,42-43H,3-10,20-23H2,1-2H3,(H,45,46). The minimum atomic E-state index is -3.04. The van der Waals surface area contributed by atoms with Gasteiger partial charge in [0.1, 0.15) is 0 Å². The van der Waals surface area contributed by atoms with Crippen molar-refractivity contribution in [1.82, 2.24) is 0 Å². The summed E-state index contributed by atoms with van der Waals surface area (Å²) >= 11 is -3.04. The van der Waals surface area contributed by atoms with Gasteiger partial charge in [0.2, 0.25) is 0 Å². The average molecular weight is 713 g/mol. The molecule has 0 atom stereocenters. The van der Waals surface area contributed by atoms with Crippen LogP contribution in [0.5, 0.6) is 0 Å². The number of aliphatic hydroxyl groups excluding tert-OH is 2. The normalized spacial score (nSPS) is 18.9. The van der Waals surface area contributed by atoms with E-state index >= 15 is 0 Å². The van der Waals surface area contributed by atoms with Gasteiger partial charge in [0.15, 0.2) is 0 Å². The third-order valence-electron chi connectivity index (χ3n) is 10.8. The minimum absolute atomic E-state index is 0.0331. The number of nitrogens with zero attached hydrogens (tertiary/aromatic N) is 2. The van der Waals surface area contributed by atoms with Gasteiger partial charge < -0.3 is 5.11 Å². The topological polar surface area (TPSA) is 128 Å². The molecule has 2 saturated heterocycles. The number of anilines is 2. The van der Waals surface area contributed by atoms with Crippen molar-refractivity contribution in [3.05, 3.63) is 82.4 Å². The molecule has 48 heavy (non-hydrogen) atoms. The summed E-state index contributed by atoms with van der Waals surface area (Å²) in [5.41, 5.74) is 4.57. The van der Waals surface area contributed by atoms with Gasteiger partial charge in [0.05, 0.1) is 0 Å². The third-order valence-corrected chi connectivity index (χ3v) is 18.2. The SMILES string of the molecule is [CH3][Ge]1([CH3])[c]2cc(N3CC(O)C3)ccc2C2(OC(=O)c3ccc(C(=O)CCCCCCCCC(=O)O)cc32)c2ccc(N3CC(O)C3)c[c]21. The second-order valence-electron chi connectivity index (χ2n) is 14.5. The predicted octanol–water partition coefficient (Wildman–Crippen LogP) is 4.03. The number of rotatable bonds is 12. The molecule has 4 aliphatic rings. The molecule has 0 bridgehead atoms. The van der Waals surface area contributed by atoms with E-state index < -0.39 is 30.8 Å². The number of ketones is 1. The molecule has 2 fully saturated rings. The van der Waals surface area contributed by atoms with Crippen LogP contribution in [0.4, 0.5) is 11.4 Å². The number of esters is 1. The molecular formula is C38H44GeN2O7. The van der Waals surface area contributed by atoms with E-state index in [0.717, 1.165) is 54.6 Å². The Kier molecular flexibility index (Phi) is 8.66. The molecule has 3 aromatic rings. The van der Waals surface area contributed by atoms with E-state index in [-0.39, 0.29) is 24.4 Å². The molecule has 7 rings (SSSR count). The zero-order chi connectivity index (χ0) is 33.8. The van der Waals surface area contributed by atoms with Crippen LogP contribution in [0.15, 0.2) is 54.6 Å². The van der Waals surface area contributed by atoms with E-state index in [1.165, 1.54) is 8.79 Å². The number of carboxylic acids is 1. The van der Waals surface area contributed by atoms with Gasteiger partial charge in [0, 0.05) is 6.42 Å². The summed E-state index contributed by atoms with van der Waals surface area (Å²) in [5, 5.41) is 28.9. The molecule has 3 aromatic carbocycles. The number of Topliss-reactive ketones (excluding diaryl/α,β-unsaturated/α-hetero) is 1. The van der Waals surface area contributed by atoms with E-state index in [0.29, 0.717) is 55.7 Å². The van der Waals surface area contributed by atoms with Crippen molar-refractivity contribution in [3.8, 4) is 0 Å². The van der Waals surface area contributed by atoms with Crippen molar-refractivity contribution in [2.45, 2.75) is 80.7 Å². The predicted molar refractivity (Wildman–Crippen MR) is 187 cm³/mol. The Bertz CT molecular complexity index is 1710. The van der Waals surface area contributed by atoms with Crippen LogP contribution in [-0.2, 0) is 15.1 Å². The number of fused-ring (bicyclic) bond motifs is 6. The van der Waals surface area contributed by atoms with Crippen LogP contribution in [0.1, 0.15) is 88.8 Å². The molecule has 0 radical (unpaired) electrons. The Labute approximate surface area is 283 Å². The van der Waals surface area contributed by atoms with Crippen molar-refractivity contribution in [3.63, 3.8) is 0 Å². The molecule has 10 heteroatoms. The quantitative estimate of drug-likeness (QED) is 0.110. The van der Waals surface area contributed by atoms with Gasteiger partial charge >= 0.3 is 256 Å². The van der Waals surface area contributed by atoms with Crippen molar-refractivity contribution < 1.29 is 34.4 Å². The number of benzene rings is 3. The van der Waals surface area contributed by atoms with Crippen LogP contribution in [0.25, 0.3) is 0 Å². The number of ether oxygens (including phenoxy) is 1. The number of aliphatic carboxylic acids is 1. The van der Waals surface area contributed by atoms with Crippen LogP contribution in [-0.4, -0.2) is 84.7 Å². The average Bonchev–Trinajstić information content (AvgIpc) is 3.33. The summed E-state index contributed by atoms with van der Waals surface area (Å²) in [7, 11) is 0. The first-order valence-corrected chi connectivity index (χ1v) is 23.6. The number of hydrogen-bond acceptors (Lipinski definition) is 8. The number of carbonyl (C=O) groups excluding carboxylic acids is 2.